The summed E-state index contributed by atoms with van der Waals surface area (Å²) in [5, 5.41) is 1.97. The molecule has 4 aromatic rings. The number of aromatic amines is 2. The molecule has 2 aromatic heterocycles. The van der Waals surface area contributed by atoms with E-state index in [0.717, 1.165) is 27.4 Å². The highest BCUT2D eigenvalue weighted by Gasteiger charge is 2.26. The number of H-pyrrole nitrogens is 2. The first kappa shape index (κ1) is 21.9. The molecule has 1 aliphatic heterocycles. The van der Waals surface area contributed by atoms with E-state index in [9.17, 15) is 9.59 Å². The lowest BCUT2D eigenvalue weighted by molar-refractivity contribution is -0.132. The van der Waals surface area contributed by atoms with Gasteiger partial charge in [0.05, 0.1) is 19.7 Å². The maximum absolute atomic E-state index is 13.2. The van der Waals surface area contributed by atoms with Gasteiger partial charge in [0.25, 0.3) is 5.91 Å². The van der Waals surface area contributed by atoms with Crippen LogP contribution in [0.5, 0.6) is 11.5 Å². The average Bonchev–Trinajstić information content (AvgIpc) is 3.51. The molecule has 8 nitrogen and oxygen atoms in total. The van der Waals surface area contributed by atoms with Crippen LogP contribution in [-0.2, 0) is 11.2 Å². The van der Waals surface area contributed by atoms with E-state index in [2.05, 4.69) is 16.0 Å². The monoisotopic (exact) mass is 460 g/mol. The zero-order valence-electron chi connectivity index (χ0n) is 19.4. The van der Waals surface area contributed by atoms with Crippen molar-refractivity contribution in [3.8, 4) is 11.5 Å². The SMILES string of the molecule is COc1ccc(OC)c2[nH]c(C(=O)N3CCN(C(=O)CCc4c[nH]c5ccccc45)CC3)cc12. The molecule has 1 saturated heterocycles. The van der Waals surface area contributed by atoms with Crippen LogP contribution in [0, 0.1) is 0 Å². The topological polar surface area (TPSA) is 90.7 Å². The minimum Gasteiger partial charge on any atom is -0.496 e. The Kier molecular flexibility index (Phi) is 5.88. The van der Waals surface area contributed by atoms with E-state index in [1.54, 1.807) is 25.2 Å². The largest absolute Gasteiger partial charge is 0.496 e. The van der Waals surface area contributed by atoms with Crippen molar-refractivity contribution in [2.24, 2.45) is 0 Å². The minimum absolute atomic E-state index is 0.0915. The van der Waals surface area contributed by atoms with Gasteiger partial charge in [-0.1, -0.05) is 18.2 Å². The second kappa shape index (κ2) is 9.13. The van der Waals surface area contributed by atoms with Crippen LogP contribution < -0.4 is 9.47 Å². The number of carbonyl (C=O) groups is 2. The number of ether oxygens (including phenoxy) is 2. The highest BCUT2D eigenvalue weighted by Crippen LogP contribution is 2.33. The van der Waals surface area contributed by atoms with Crippen LogP contribution in [0.3, 0.4) is 0 Å². The molecule has 0 atom stereocenters. The number of hydrogen-bond donors (Lipinski definition) is 2. The molecule has 3 heterocycles. The summed E-state index contributed by atoms with van der Waals surface area (Å²) in [6, 6.07) is 13.6. The van der Waals surface area contributed by atoms with Crippen molar-refractivity contribution >= 4 is 33.6 Å². The average molecular weight is 461 g/mol. The third-order valence-corrected chi connectivity index (χ3v) is 6.59. The summed E-state index contributed by atoms with van der Waals surface area (Å²) in [4.78, 5) is 36.1. The van der Waals surface area contributed by atoms with E-state index in [-0.39, 0.29) is 11.8 Å². The number of piperazine rings is 1. The number of fused-ring (bicyclic) bond motifs is 2. The van der Waals surface area contributed by atoms with Crippen LogP contribution in [0.4, 0.5) is 0 Å². The van der Waals surface area contributed by atoms with Crippen molar-refractivity contribution in [2.45, 2.75) is 12.8 Å². The highest BCUT2D eigenvalue weighted by atomic mass is 16.5. The first-order valence-corrected chi connectivity index (χ1v) is 11.4. The van der Waals surface area contributed by atoms with E-state index in [0.29, 0.717) is 56.2 Å². The van der Waals surface area contributed by atoms with Gasteiger partial charge in [-0.3, -0.25) is 9.59 Å². The normalized spacial score (nSPS) is 14.1. The summed E-state index contributed by atoms with van der Waals surface area (Å²) in [5.74, 6) is 1.36. The van der Waals surface area contributed by atoms with E-state index < -0.39 is 0 Å². The summed E-state index contributed by atoms with van der Waals surface area (Å²) in [6.07, 6.45) is 3.14. The van der Waals surface area contributed by atoms with Gasteiger partial charge in [-0.15, -0.1) is 0 Å². The molecule has 0 unspecified atom stereocenters. The van der Waals surface area contributed by atoms with Crippen molar-refractivity contribution in [3.63, 3.8) is 0 Å². The lowest BCUT2D eigenvalue weighted by Gasteiger charge is -2.34. The number of hydrogen-bond acceptors (Lipinski definition) is 4. The fraction of sp³-hybridized carbons (Fsp3) is 0.308. The molecular formula is C26H28N4O4. The molecule has 1 fully saturated rings. The Morgan fingerprint density at radius 2 is 1.62 bits per heavy atom. The highest BCUT2D eigenvalue weighted by molar-refractivity contribution is 6.01. The van der Waals surface area contributed by atoms with Gasteiger partial charge in [0.1, 0.15) is 17.2 Å². The molecule has 2 amide bonds. The number of nitrogens with zero attached hydrogens (tertiary/aromatic N) is 2. The van der Waals surface area contributed by atoms with E-state index in [1.807, 2.05) is 41.4 Å². The van der Waals surface area contributed by atoms with Crippen molar-refractivity contribution in [1.82, 2.24) is 19.8 Å². The smallest absolute Gasteiger partial charge is 0.270 e. The molecule has 2 aromatic carbocycles. The Labute approximate surface area is 197 Å². The Hall–Kier alpha value is -3.94. The van der Waals surface area contributed by atoms with Crippen LogP contribution in [0.2, 0.25) is 0 Å². The van der Waals surface area contributed by atoms with E-state index >= 15 is 0 Å². The molecule has 0 aliphatic carbocycles. The van der Waals surface area contributed by atoms with Crippen molar-refractivity contribution in [2.75, 3.05) is 40.4 Å². The number of para-hydroxylation sites is 1. The summed E-state index contributed by atoms with van der Waals surface area (Å²) < 4.78 is 10.9. The summed E-state index contributed by atoms with van der Waals surface area (Å²) in [5.41, 5.74) is 3.46. The van der Waals surface area contributed by atoms with Crippen LogP contribution in [0.1, 0.15) is 22.5 Å². The fourth-order valence-corrected chi connectivity index (χ4v) is 4.70. The molecule has 0 bridgehead atoms. The molecule has 0 radical (unpaired) electrons. The van der Waals surface area contributed by atoms with Crippen LogP contribution in [0.25, 0.3) is 21.8 Å². The van der Waals surface area contributed by atoms with E-state index in [4.69, 9.17) is 9.47 Å². The lowest BCUT2D eigenvalue weighted by Crippen LogP contribution is -2.50. The number of carbonyl (C=O) groups excluding carboxylic acids is 2. The molecule has 176 valence electrons. The third kappa shape index (κ3) is 3.96. The molecule has 34 heavy (non-hydrogen) atoms. The number of aryl methyl sites for hydroxylation is 1. The summed E-state index contributed by atoms with van der Waals surface area (Å²) >= 11 is 0. The lowest BCUT2D eigenvalue weighted by atomic mass is 10.1. The van der Waals surface area contributed by atoms with Crippen molar-refractivity contribution in [3.05, 3.63) is 59.9 Å². The standard InChI is InChI=1S/C26H28N4O4/c1-33-22-8-9-23(34-2)25-19(22)15-21(28-25)26(32)30-13-11-29(12-14-30)24(31)10-7-17-16-27-20-6-4-3-5-18(17)20/h3-6,8-9,15-16,27-28H,7,10-14H2,1-2H3. The van der Waals surface area contributed by atoms with Gasteiger partial charge in [0, 0.05) is 55.1 Å². The summed E-state index contributed by atoms with van der Waals surface area (Å²) in [6.45, 7) is 2.07. The van der Waals surface area contributed by atoms with Gasteiger partial charge in [0.2, 0.25) is 5.91 Å². The first-order valence-electron chi connectivity index (χ1n) is 11.4. The number of aromatic nitrogens is 2. The molecule has 0 spiro atoms. The van der Waals surface area contributed by atoms with Gasteiger partial charge in [0.15, 0.2) is 0 Å². The Morgan fingerprint density at radius 3 is 2.38 bits per heavy atom. The van der Waals surface area contributed by atoms with Crippen LogP contribution in [-0.4, -0.2) is 72.0 Å². The zero-order chi connectivity index (χ0) is 23.7. The molecule has 0 saturated carbocycles. The Morgan fingerprint density at radius 1 is 0.912 bits per heavy atom. The predicted molar refractivity (Wildman–Crippen MR) is 131 cm³/mol. The molecule has 2 N–H and O–H groups in total. The zero-order valence-corrected chi connectivity index (χ0v) is 19.4. The summed E-state index contributed by atoms with van der Waals surface area (Å²) in [7, 11) is 3.20. The second-order valence-electron chi connectivity index (χ2n) is 8.47. The fourth-order valence-electron chi connectivity index (χ4n) is 4.70. The van der Waals surface area contributed by atoms with Crippen molar-refractivity contribution in [1.29, 1.82) is 0 Å². The molecule has 5 rings (SSSR count). The number of rotatable bonds is 6. The van der Waals surface area contributed by atoms with E-state index in [1.165, 1.54) is 0 Å². The van der Waals surface area contributed by atoms with Gasteiger partial charge >= 0.3 is 0 Å². The molecule has 8 heteroatoms. The second-order valence-corrected chi connectivity index (χ2v) is 8.47. The Balaban J connectivity index is 1.21. The molecular weight excluding hydrogens is 432 g/mol. The third-order valence-electron chi connectivity index (χ3n) is 6.59. The molecule has 1 aliphatic rings. The van der Waals surface area contributed by atoms with Crippen molar-refractivity contribution < 1.29 is 19.1 Å². The van der Waals surface area contributed by atoms with Gasteiger partial charge in [-0.25, -0.2) is 0 Å². The van der Waals surface area contributed by atoms with Gasteiger partial charge < -0.3 is 29.2 Å². The maximum Gasteiger partial charge on any atom is 0.270 e. The van der Waals surface area contributed by atoms with Crippen LogP contribution >= 0.6 is 0 Å². The quantitative estimate of drug-likeness (QED) is 0.460. The number of benzene rings is 2. The number of nitrogens with one attached hydrogen (secondary N) is 2. The van der Waals surface area contributed by atoms with Gasteiger partial charge in [-0.2, -0.15) is 0 Å². The minimum atomic E-state index is -0.0915. The van der Waals surface area contributed by atoms with Crippen LogP contribution in [0.15, 0.2) is 48.7 Å². The number of methoxy groups -OCH3 is 2. The van der Waals surface area contributed by atoms with Gasteiger partial charge in [-0.05, 0) is 36.2 Å². The maximum atomic E-state index is 13.2. The predicted octanol–water partition coefficient (Wildman–Crippen LogP) is 3.58. The Bertz CT molecular complexity index is 1310. The number of amides is 2. The first-order chi connectivity index (χ1) is 16.6.